The first-order valence-electron chi connectivity index (χ1n) is 9.54. The number of alkyl halides is 2. The average molecular weight is 486 g/mol. The van der Waals surface area contributed by atoms with Crippen molar-refractivity contribution in [3.8, 4) is 0 Å². The number of halogens is 2. The van der Waals surface area contributed by atoms with Crippen molar-refractivity contribution in [1.29, 1.82) is 0 Å². The largest absolute Gasteiger partial charge is 0.0876 e. The van der Waals surface area contributed by atoms with Gasteiger partial charge in [0.25, 0.3) is 0 Å². The molecule has 0 radical (unpaired) electrons. The van der Waals surface area contributed by atoms with Gasteiger partial charge in [0.05, 0.1) is 0 Å². The molecule has 0 fully saturated rings. The Hall–Kier alpha value is -2.16. The van der Waals surface area contributed by atoms with E-state index in [2.05, 4.69) is 92.5 Å². The average Bonchev–Trinajstić information content (AvgIpc) is 2.76. The quantitative estimate of drug-likeness (QED) is 0.130. The van der Waals surface area contributed by atoms with Gasteiger partial charge in [-0.25, -0.2) is 0 Å². The third-order valence-electron chi connectivity index (χ3n) is 6.58. The molecule has 2 heteroatoms. The van der Waals surface area contributed by atoms with E-state index < -0.39 is 0 Å². The lowest BCUT2D eigenvalue weighted by Gasteiger charge is -2.22. The molecule has 0 amide bonds. The zero-order valence-corrected chi connectivity index (χ0v) is 18.1. The van der Waals surface area contributed by atoms with Crippen molar-refractivity contribution in [3.63, 3.8) is 0 Å². The molecule has 0 heterocycles. The van der Waals surface area contributed by atoms with Crippen molar-refractivity contribution < 1.29 is 0 Å². The van der Waals surface area contributed by atoms with E-state index in [1.807, 2.05) is 0 Å². The minimum Gasteiger partial charge on any atom is -0.0876 e. The molecule has 0 N–H and O–H groups in total. The first-order chi connectivity index (χ1) is 13.8. The van der Waals surface area contributed by atoms with E-state index in [-0.39, 0.29) is 0 Å². The Labute approximate surface area is 178 Å². The summed E-state index contributed by atoms with van der Waals surface area (Å²) in [4.78, 5) is 0. The Kier molecular flexibility index (Phi) is 2.95. The number of benzene rings is 7. The summed E-state index contributed by atoms with van der Waals surface area (Å²) >= 11 is 7.47. The van der Waals surface area contributed by atoms with Gasteiger partial charge < -0.3 is 0 Å². The van der Waals surface area contributed by atoms with Crippen LogP contribution >= 0.6 is 31.9 Å². The van der Waals surface area contributed by atoms with Gasteiger partial charge in [0.15, 0.2) is 0 Å². The molecular weight excluding hydrogens is 472 g/mol. The Bertz CT molecular complexity index is 1550. The minimum atomic E-state index is 0.871. The van der Waals surface area contributed by atoms with Crippen molar-refractivity contribution in [1.82, 2.24) is 0 Å². The van der Waals surface area contributed by atoms with Crippen LogP contribution in [0.1, 0.15) is 11.1 Å². The van der Waals surface area contributed by atoms with Gasteiger partial charge in [-0.3, -0.25) is 0 Å². The zero-order chi connectivity index (χ0) is 18.6. The summed E-state index contributed by atoms with van der Waals surface area (Å²) < 4.78 is 0. The summed E-state index contributed by atoms with van der Waals surface area (Å²) in [6.45, 7) is 0. The number of hydrogen-bond donors (Lipinski definition) is 0. The lowest BCUT2D eigenvalue weighted by Crippen LogP contribution is -1.96. The van der Waals surface area contributed by atoms with Crippen LogP contribution in [0, 0.1) is 0 Å². The summed E-state index contributed by atoms with van der Waals surface area (Å²) in [6, 6.07) is 23.1. The molecule has 0 saturated carbocycles. The molecule has 0 aliphatic heterocycles. The van der Waals surface area contributed by atoms with E-state index in [1.54, 1.807) is 0 Å². The van der Waals surface area contributed by atoms with E-state index in [4.69, 9.17) is 0 Å². The van der Waals surface area contributed by atoms with Crippen molar-refractivity contribution >= 4 is 96.5 Å². The summed E-state index contributed by atoms with van der Waals surface area (Å²) in [6.07, 6.45) is 0. The zero-order valence-electron chi connectivity index (χ0n) is 14.9. The van der Waals surface area contributed by atoms with Crippen LogP contribution in [0.4, 0.5) is 0 Å². The molecule has 0 spiro atoms. The van der Waals surface area contributed by atoms with E-state index in [0.717, 1.165) is 10.7 Å². The molecule has 0 saturated heterocycles. The first kappa shape index (κ1) is 15.7. The molecule has 0 bridgehead atoms. The maximum atomic E-state index is 3.74. The lowest BCUT2D eigenvalue weighted by atomic mass is 9.81. The molecule has 0 aliphatic rings. The van der Waals surface area contributed by atoms with Crippen molar-refractivity contribution in [3.05, 3.63) is 71.8 Å². The topological polar surface area (TPSA) is 0 Å². The molecule has 7 rings (SSSR count). The smallest absolute Gasteiger partial charge is 0.0289 e. The van der Waals surface area contributed by atoms with Crippen LogP contribution in [-0.2, 0) is 10.7 Å². The minimum absolute atomic E-state index is 0.871. The Morgan fingerprint density at radius 1 is 0.429 bits per heavy atom. The molecule has 7 aromatic carbocycles. The van der Waals surface area contributed by atoms with Gasteiger partial charge in [0.1, 0.15) is 0 Å². The van der Waals surface area contributed by atoms with Gasteiger partial charge in [-0.1, -0.05) is 80.4 Å². The third kappa shape index (κ3) is 1.69. The van der Waals surface area contributed by atoms with Crippen molar-refractivity contribution in [2.24, 2.45) is 0 Å². The molecule has 0 unspecified atom stereocenters. The second kappa shape index (κ2) is 5.25. The van der Waals surface area contributed by atoms with Gasteiger partial charge in [-0.2, -0.15) is 0 Å². The van der Waals surface area contributed by atoms with E-state index in [1.165, 1.54) is 75.8 Å². The Morgan fingerprint density at radius 3 is 1.18 bits per heavy atom. The molecule has 0 atom stereocenters. The highest BCUT2D eigenvalue weighted by Gasteiger charge is 2.22. The van der Waals surface area contributed by atoms with E-state index in [0.29, 0.717) is 0 Å². The fraction of sp³-hybridized carbons (Fsp3) is 0.0769. The molecular formula is C26H14Br2. The molecule has 0 aromatic heterocycles. The Morgan fingerprint density at radius 2 is 0.786 bits per heavy atom. The third-order valence-corrected chi connectivity index (χ3v) is 7.78. The fourth-order valence-electron chi connectivity index (χ4n) is 5.45. The van der Waals surface area contributed by atoms with Crippen molar-refractivity contribution in [2.45, 2.75) is 10.7 Å². The summed E-state index contributed by atoms with van der Waals surface area (Å²) in [5.41, 5.74) is 2.74. The maximum Gasteiger partial charge on any atom is 0.0289 e. The molecule has 0 nitrogen and oxygen atoms in total. The maximum absolute atomic E-state index is 3.74. The SMILES string of the molecule is BrCc1cc2ccc3ccc4ccc5cc(CBr)c6ccc1c1c2c3c4c5c61. The lowest BCUT2D eigenvalue weighted by molar-refractivity contribution is 1.50. The van der Waals surface area contributed by atoms with Crippen molar-refractivity contribution in [2.75, 3.05) is 0 Å². The van der Waals surface area contributed by atoms with Gasteiger partial charge >= 0.3 is 0 Å². The van der Waals surface area contributed by atoms with Crippen LogP contribution in [-0.4, -0.2) is 0 Å². The highest BCUT2D eigenvalue weighted by atomic mass is 79.9. The number of rotatable bonds is 2. The monoisotopic (exact) mass is 484 g/mol. The summed E-state index contributed by atoms with van der Waals surface area (Å²) in [5.74, 6) is 0. The first-order valence-corrected chi connectivity index (χ1v) is 11.8. The summed E-state index contributed by atoms with van der Waals surface area (Å²) in [7, 11) is 0. The van der Waals surface area contributed by atoms with Crippen LogP contribution in [0.3, 0.4) is 0 Å². The van der Waals surface area contributed by atoms with Crippen LogP contribution in [0.2, 0.25) is 0 Å². The van der Waals surface area contributed by atoms with E-state index in [9.17, 15) is 0 Å². The standard InChI is InChI=1S/C26H14Br2/c27-11-17-9-15-5-3-13-1-2-14-4-6-16-10-18(12-28)20-8-7-19(17)25-23(15)21(13)22(14)24(16)26(20)25/h1-10H,11-12H2. The Balaban J connectivity index is 2.01. The van der Waals surface area contributed by atoms with Gasteiger partial charge in [-0.05, 0) is 87.9 Å². The molecule has 0 aliphatic carbocycles. The van der Waals surface area contributed by atoms with Crippen LogP contribution in [0.5, 0.6) is 0 Å². The number of hydrogen-bond acceptors (Lipinski definition) is 0. The van der Waals surface area contributed by atoms with Gasteiger partial charge in [0.2, 0.25) is 0 Å². The second-order valence-corrected chi connectivity index (χ2v) is 8.96. The predicted octanol–water partition coefficient (Wildman–Crippen LogP) is 8.71. The van der Waals surface area contributed by atoms with Crippen LogP contribution in [0.25, 0.3) is 64.6 Å². The molecule has 7 aromatic rings. The van der Waals surface area contributed by atoms with Gasteiger partial charge in [-0.15, -0.1) is 0 Å². The van der Waals surface area contributed by atoms with E-state index >= 15 is 0 Å². The predicted molar refractivity (Wildman–Crippen MR) is 130 cm³/mol. The van der Waals surface area contributed by atoms with Crippen LogP contribution < -0.4 is 0 Å². The highest BCUT2D eigenvalue weighted by Crippen LogP contribution is 2.49. The second-order valence-electron chi connectivity index (χ2n) is 7.84. The normalized spacial score (nSPS) is 12.9. The molecule has 132 valence electrons. The van der Waals surface area contributed by atoms with Gasteiger partial charge in [0, 0.05) is 10.7 Å². The summed E-state index contributed by atoms with van der Waals surface area (Å²) in [5, 5.41) is 18.5. The van der Waals surface area contributed by atoms with Crippen LogP contribution in [0.15, 0.2) is 60.7 Å². The highest BCUT2D eigenvalue weighted by molar-refractivity contribution is 9.08. The molecule has 28 heavy (non-hydrogen) atoms. The fourth-order valence-corrected chi connectivity index (χ4v) is 6.38.